The minimum absolute atomic E-state index is 0.226. The van der Waals surface area contributed by atoms with Crippen molar-refractivity contribution >= 4 is 17.6 Å². The first kappa shape index (κ1) is 15.5. The number of esters is 1. The Labute approximate surface area is 112 Å². The Balaban J connectivity index is 2.90. The van der Waals surface area contributed by atoms with E-state index in [1.54, 1.807) is 0 Å². The van der Waals surface area contributed by atoms with Crippen molar-refractivity contribution in [2.75, 3.05) is 13.7 Å². The van der Waals surface area contributed by atoms with Gasteiger partial charge in [0.05, 0.1) is 18.6 Å². The molecule has 1 aromatic carbocycles. The maximum absolute atomic E-state index is 13.3. The summed E-state index contributed by atoms with van der Waals surface area (Å²) in [4.78, 5) is 32.4. The zero-order valence-electron chi connectivity index (χ0n) is 10.3. The van der Waals surface area contributed by atoms with Gasteiger partial charge < -0.3 is 15.2 Å². The summed E-state index contributed by atoms with van der Waals surface area (Å²) in [5, 5.41) is 21.5. The highest BCUT2D eigenvalue weighted by Gasteiger charge is 2.22. The van der Waals surface area contributed by atoms with Crippen LogP contribution in [0.3, 0.4) is 0 Å². The SMILES string of the molecule is COC(=O)C(CO)NC(=O)c1ccc([N+](=O)[O-])c(F)c1. The Morgan fingerprint density at radius 3 is 2.65 bits per heavy atom. The number of aliphatic hydroxyl groups is 1. The van der Waals surface area contributed by atoms with Gasteiger partial charge in [0.1, 0.15) is 0 Å². The van der Waals surface area contributed by atoms with Crippen LogP contribution in [-0.2, 0) is 9.53 Å². The van der Waals surface area contributed by atoms with Crippen LogP contribution in [0.5, 0.6) is 0 Å². The lowest BCUT2D eigenvalue weighted by Crippen LogP contribution is -2.44. The molecule has 0 fully saturated rings. The molecule has 1 aromatic rings. The number of carbonyl (C=O) groups is 2. The van der Waals surface area contributed by atoms with Crippen LogP contribution in [0, 0.1) is 15.9 Å². The Morgan fingerprint density at radius 2 is 2.20 bits per heavy atom. The smallest absolute Gasteiger partial charge is 0.330 e. The molecule has 0 aliphatic heterocycles. The summed E-state index contributed by atoms with van der Waals surface area (Å²) in [6.07, 6.45) is 0. The fourth-order valence-electron chi connectivity index (χ4n) is 1.36. The third-order valence-electron chi connectivity index (χ3n) is 2.38. The summed E-state index contributed by atoms with van der Waals surface area (Å²) in [7, 11) is 1.07. The molecule has 0 aliphatic carbocycles. The number of aliphatic hydroxyl groups excluding tert-OH is 1. The highest BCUT2D eigenvalue weighted by molar-refractivity contribution is 5.97. The summed E-state index contributed by atoms with van der Waals surface area (Å²) in [6, 6.07) is 1.23. The van der Waals surface area contributed by atoms with E-state index in [2.05, 4.69) is 10.1 Å². The van der Waals surface area contributed by atoms with E-state index >= 15 is 0 Å². The number of nitrogens with zero attached hydrogens (tertiary/aromatic N) is 1. The van der Waals surface area contributed by atoms with Crippen molar-refractivity contribution in [1.29, 1.82) is 0 Å². The molecule has 1 amide bonds. The molecule has 108 valence electrons. The number of amides is 1. The lowest BCUT2D eigenvalue weighted by atomic mass is 10.1. The van der Waals surface area contributed by atoms with Crippen LogP contribution in [0.2, 0.25) is 0 Å². The standard InChI is InChI=1S/C11H11FN2O6/c1-20-11(17)8(5-15)13-10(16)6-2-3-9(14(18)19)7(12)4-6/h2-4,8,15H,5H2,1H3,(H,13,16). The van der Waals surface area contributed by atoms with E-state index in [-0.39, 0.29) is 5.56 Å². The van der Waals surface area contributed by atoms with Gasteiger partial charge in [0, 0.05) is 11.6 Å². The molecule has 0 saturated carbocycles. The van der Waals surface area contributed by atoms with Gasteiger partial charge in [-0.2, -0.15) is 4.39 Å². The molecule has 0 aliphatic rings. The van der Waals surface area contributed by atoms with Crippen LogP contribution < -0.4 is 5.32 Å². The van der Waals surface area contributed by atoms with Crippen molar-refractivity contribution < 1.29 is 28.7 Å². The molecule has 0 radical (unpaired) electrons. The first-order chi connectivity index (χ1) is 9.40. The van der Waals surface area contributed by atoms with E-state index in [4.69, 9.17) is 5.11 Å². The molecule has 9 heteroatoms. The fourth-order valence-corrected chi connectivity index (χ4v) is 1.36. The monoisotopic (exact) mass is 286 g/mol. The van der Waals surface area contributed by atoms with Gasteiger partial charge in [-0.3, -0.25) is 14.9 Å². The number of rotatable bonds is 5. The predicted molar refractivity (Wildman–Crippen MR) is 63.4 cm³/mol. The molecule has 0 bridgehead atoms. The normalized spacial score (nSPS) is 11.6. The number of nitrogens with one attached hydrogen (secondary N) is 1. The van der Waals surface area contributed by atoms with Gasteiger partial charge in [-0.15, -0.1) is 0 Å². The van der Waals surface area contributed by atoms with Gasteiger partial charge in [0.25, 0.3) is 5.91 Å². The number of hydrogen-bond acceptors (Lipinski definition) is 6. The summed E-state index contributed by atoms with van der Waals surface area (Å²) in [5.74, 6) is -2.92. The second-order valence-corrected chi connectivity index (χ2v) is 3.66. The number of carbonyl (C=O) groups excluding carboxylic acids is 2. The van der Waals surface area contributed by atoms with Crippen molar-refractivity contribution in [3.8, 4) is 0 Å². The molecular formula is C11H11FN2O6. The number of nitro groups is 1. The van der Waals surface area contributed by atoms with Crippen LogP contribution in [0.25, 0.3) is 0 Å². The molecule has 8 nitrogen and oxygen atoms in total. The van der Waals surface area contributed by atoms with Crippen molar-refractivity contribution in [2.24, 2.45) is 0 Å². The number of halogens is 1. The molecule has 0 saturated heterocycles. The van der Waals surface area contributed by atoms with Gasteiger partial charge in [0.15, 0.2) is 6.04 Å². The third kappa shape index (κ3) is 3.48. The van der Waals surface area contributed by atoms with Gasteiger partial charge >= 0.3 is 11.7 Å². The van der Waals surface area contributed by atoms with Gasteiger partial charge in [-0.25, -0.2) is 4.79 Å². The zero-order chi connectivity index (χ0) is 15.3. The van der Waals surface area contributed by atoms with Crippen molar-refractivity contribution in [3.05, 3.63) is 39.7 Å². The van der Waals surface area contributed by atoms with Crippen LogP contribution in [0.4, 0.5) is 10.1 Å². The molecule has 20 heavy (non-hydrogen) atoms. The first-order valence-corrected chi connectivity index (χ1v) is 5.34. The van der Waals surface area contributed by atoms with Crippen molar-refractivity contribution in [1.82, 2.24) is 5.32 Å². The molecule has 2 N–H and O–H groups in total. The van der Waals surface area contributed by atoms with E-state index in [9.17, 15) is 24.1 Å². The Morgan fingerprint density at radius 1 is 1.55 bits per heavy atom. The zero-order valence-corrected chi connectivity index (χ0v) is 10.3. The number of hydrogen-bond donors (Lipinski definition) is 2. The van der Waals surface area contributed by atoms with Crippen LogP contribution in [-0.4, -0.2) is 41.7 Å². The fraction of sp³-hybridized carbons (Fsp3) is 0.273. The second kappa shape index (κ2) is 6.57. The summed E-state index contributed by atoms with van der Waals surface area (Å²) in [5.41, 5.74) is -0.997. The summed E-state index contributed by atoms with van der Waals surface area (Å²) < 4.78 is 17.7. The largest absolute Gasteiger partial charge is 0.467 e. The van der Waals surface area contributed by atoms with Gasteiger partial charge in [-0.05, 0) is 12.1 Å². The van der Waals surface area contributed by atoms with Crippen molar-refractivity contribution in [2.45, 2.75) is 6.04 Å². The predicted octanol–water partition coefficient (Wildman–Crippen LogP) is -0.00240. The van der Waals surface area contributed by atoms with E-state index in [0.717, 1.165) is 19.2 Å². The molecule has 0 aromatic heterocycles. The Hall–Kier alpha value is -2.55. The van der Waals surface area contributed by atoms with E-state index in [0.29, 0.717) is 6.07 Å². The minimum atomic E-state index is -1.30. The second-order valence-electron chi connectivity index (χ2n) is 3.66. The number of ether oxygens (including phenoxy) is 1. The summed E-state index contributed by atoms with van der Waals surface area (Å²) in [6.45, 7) is -0.701. The Kier molecular flexibility index (Phi) is 5.09. The van der Waals surface area contributed by atoms with Crippen LogP contribution >= 0.6 is 0 Å². The lowest BCUT2D eigenvalue weighted by Gasteiger charge is -2.13. The van der Waals surface area contributed by atoms with E-state index in [1.165, 1.54) is 0 Å². The van der Waals surface area contributed by atoms with E-state index < -0.39 is 41.0 Å². The maximum Gasteiger partial charge on any atom is 0.330 e. The third-order valence-corrected chi connectivity index (χ3v) is 2.38. The van der Waals surface area contributed by atoms with E-state index in [1.807, 2.05) is 0 Å². The molecule has 1 atom stereocenters. The first-order valence-electron chi connectivity index (χ1n) is 5.34. The topological polar surface area (TPSA) is 119 Å². The quantitative estimate of drug-likeness (QED) is 0.446. The lowest BCUT2D eigenvalue weighted by molar-refractivity contribution is -0.387. The number of benzene rings is 1. The van der Waals surface area contributed by atoms with Gasteiger partial charge in [0.2, 0.25) is 5.82 Å². The molecule has 1 rings (SSSR count). The molecule has 0 heterocycles. The molecular weight excluding hydrogens is 275 g/mol. The molecule has 1 unspecified atom stereocenters. The minimum Gasteiger partial charge on any atom is -0.467 e. The van der Waals surface area contributed by atoms with Crippen molar-refractivity contribution in [3.63, 3.8) is 0 Å². The van der Waals surface area contributed by atoms with Gasteiger partial charge in [-0.1, -0.05) is 0 Å². The maximum atomic E-state index is 13.3. The Bertz CT molecular complexity index is 548. The highest BCUT2D eigenvalue weighted by Crippen LogP contribution is 2.17. The van der Waals surface area contributed by atoms with Crippen LogP contribution in [0.15, 0.2) is 18.2 Å². The average Bonchev–Trinajstić information content (AvgIpc) is 2.42. The molecule has 0 spiro atoms. The number of methoxy groups -OCH3 is 1. The average molecular weight is 286 g/mol. The van der Waals surface area contributed by atoms with Crippen LogP contribution in [0.1, 0.15) is 10.4 Å². The highest BCUT2D eigenvalue weighted by atomic mass is 19.1. The summed E-state index contributed by atoms with van der Waals surface area (Å²) >= 11 is 0. The number of nitro benzene ring substituents is 1.